The van der Waals surface area contributed by atoms with Gasteiger partial charge >= 0.3 is 0 Å². The van der Waals surface area contributed by atoms with Gasteiger partial charge in [0.15, 0.2) is 0 Å². The predicted molar refractivity (Wildman–Crippen MR) is 62.3 cm³/mol. The highest BCUT2D eigenvalue weighted by Gasteiger charge is 2.60. The summed E-state index contributed by atoms with van der Waals surface area (Å²) >= 11 is 0. The Bertz CT molecular complexity index is 377. The lowest BCUT2D eigenvalue weighted by molar-refractivity contribution is 0.145. The number of nitrogens with zero attached hydrogens (tertiary/aromatic N) is 1. The first-order valence-electron chi connectivity index (χ1n) is 6.93. The molecular formula is C15H19N. The van der Waals surface area contributed by atoms with E-state index >= 15 is 0 Å². The highest BCUT2D eigenvalue weighted by Crippen LogP contribution is 2.67. The average Bonchev–Trinajstić information content (AvgIpc) is 3.02. The molecule has 7 unspecified atom stereocenters. The Morgan fingerprint density at radius 1 is 1.06 bits per heavy atom. The predicted octanol–water partition coefficient (Wildman–Crippen LogP) is 3.38. The van der Waals surface area contributed by atoms with Crippen LogP contribution in [0.3, 0.4) is 0 Å². The SMILES string of the molecule is N#CCCC1CC2CC1C1C3C=CC(C3)C21. The Hall–Kier alpha value is -0.770. The number of nitriles is 1. The highest BCUT2D eigenvalue weighted by atomic mass is 14.6. The number of fused-ring (bicyclic) bond motifs is 9. The Morgan fingerprint density at radius 2 is 1.88 bits per heavy atom. The molecule has 0 saturated heterocycles. The quantitative estimate of drug-likeness (QED) is 0.509. The van der Waals surface area contributed by atoms with Gasteiger partial charge in [-0.1, -0.05) is 12.2 Å². The minimum absolute atomic E-state index is 0.787. The van der Waals surface area contributed by atoms with Crippen molar-refractivity contribution in [1.82, 2.24) is 0 Å². The smallest absolute Gasteiger partial charge is 0.0621 e. The van der Waals surface area contributed by atoms with E-state index in [4.69, 9.17) is 5.26 Å². The van der Waals surface area contributed by atoms with Crippen LogP contribution in [0.2, 0.25) is 0 Å². The molecule has 0 aliphatic heterocycles. The number of allylic oxidation sites excluding steroid dienone is 2. The van der Waals surface area contributed by atoms with E-state index < -0.39 is 0 Å². The minimum Gasteiger partial charge on any atom is -0.198 e. The van der Waals surface area contributed by atoms with Gasteiger partial charge in [-0.25, -0.2) is 0 Å². The molecular weight excluding hydrogens is 194 g/mol. The fraction of sp³-hybridized carbons (Fsp3) is 0.800. The topological polar surface area (TPSA) is 23.8 Å². The first kappa shape index (κ1) is 9.28. The van der Waals surface area contributed by atoms with Crippen LogP contribution in [0.1, 0.15) is 32.1 Å². The van der Waals surface area contributed by atoms with Gasteiger partial charge in [-0.2, -0.15) is 5.26 Å². The van der Waals surface area contributed by atoms with Crippen molar-refractivity contribution in [3.63, 3.8) is 0 Å². The van der Waals surface area contributed by atoms with E-state index in [0.29, 0.717) is 0 Å². The fourth-order valence-electron chi connectivity index (χ4n) is 5.73. The second kappa shape index (κ2) is 3.13. The molecule has 1 heteroatoms. The fourth-order valence-corrected chi connectivity index (χ4v) is 5.73. The molecule has 84 valence electrons. The Kier molecular flexibility index (Phi) is 1.81. The minimum atomic E-state index is 0.787. The van der Waals surface area contributed by atoms with Crippen molar-refractivity contribution in [2.24, 2.45) is 41.4 Å². The van der Waals surface area contributed by atoms with Crippen molar-refractivity contribution in [1.29, 1.82) is 5.26 Å². The van der Waals surface area contributed by atoms with Crippen LogP contribution in [0.15, 0.2) is 12.2 Å². The van der Waals surface area contributed by atoms with Gasteiger partial charge in [0, 0.05) is 6.42 Å². The molecule has 0 radical (unpaired) electrons. The maximum atomic E-state index is 8.73. The van der Waals surface area contributed by atoms with E-state index in [1.54, 1.807) is 0 Å². The summed E-state index contributed by atoms with van der Waals surface area (Å²) in [5, 5.41) is 8.73. The van der Waals surface area contributed by atoms with Crippen molar-refractivity contribution in [2.45, 2.75) is 32.1 Å². The van der Waals surface area contributed by atoms with Gasteiger partial charge in [0.25, 0.3) is 0 Å². The normalized spacial score (nSPS) is 55.6. The third-order valence-corrected chi connectivity index (χ3v) is 6.03. The molecule has 4 rings (SSSR count). The molecule has 0 amide bonds. The van der Waals surface area contributed by atoms with Crippen LogP contribution >= 0.6 is 0 Å². The van der Waals surface area contributed by atoms with E-state index in [9.17, 15) is 0 Å². The molecule has 3 saturated carbocycles. The molecule has 3 fully saturated rings. The Morgan fingerprint density at radius 3 is 2.69 bits per heavy atom. The van der Waals surface area contributed by atoms with Gasteiger partial charge in [-0.15, -0.1) is 0 Å². The summed E-state index contributed by atoms with van der Waals surface area (Å²) < 4.78 is 0. The highest BCUT2D eigenvalue weighted by molar-refractivity contribution is 5.20. The van der Waals surface area contributed by atoms with Crippen molar-refractivity contribution in [3.05, 3.63) is 12.2 Å². The first-order chi connectivity index (χ1) is 7.88. The molecule has 0 aromatic carbocycles. The Balaban J connectivity index is 1.57. The summed E-state index contributed by atoms with van der Waals surface area (Å²) in [6.07, 6.45) is 11.4. The van der Waals surface area contributed by atoms with Crippen LogP contribution in [0, 0.1) is 52.8 Å². The largest absolute Gasteiger partial charge is 0.198 e. The average molecular weight is 213 g/mol. The molecule has 0 aromatic rings. The molecule has 1 nitrogen and oxygen atoms in total. The second-order valence-corrected chi connectivity index (χ2v) is 6.46. The summed E-state index contributed by atoms with van der Waals surface area (Å²) in [6.45, 7) is 0. The summed E-state index contributed by atoms with van der Waals surface area (Å²) in [6, 6.07) is 2.33. The van der Waals surface area contributed by atoms with Crippen LogP contribution in [0.5, 0.6) is 0 Å². The monoisotopic (exact) mass is 213 g/mol. The molecule has 4 aliphatic carbocycles. The molecule has 16 heavy (non-hydrogen) atoms. The first-order valence-corrected chi connectivity index (χ1v) is 6.93. The maximum Gasteiger partial charge on any atom is 0.0621 e. The lowest BCUT2D eigenvalue weighted by Crippen LogP contribution is -2.30. The molecule has 4 bridgehead atoms. The van der Waals surface area contributed by atoms with Gasteiger partial charge in [-0.05, 0) is 67.1 Å². The molecule has 4 aliphatic rings. The summed E-state index contributed by atoms with van der Waals surface area (Å²) in [7, 11) is 0. The van der Waals surface area contributed by atoms with Gasteiger partial charge in [0.05, 0.1) is 6.07 Å². The van der Waals surface area contributed by atoms with E-state index in [1.807, 2.05) is 0 Å². The number of rotatable bonds is 2. The van der Waals surface area contributed by atoms with Gasteiger partial charge in [0.2, 0.25) is 0 Å². The maximum absolute atomic E-state index is 8.73. The van der Waals surface area contributed by atoms with E-state index in [1.165, 1.54) is 25.7 Å². The number of hydrogen-bond acceptors (Lipinski definition) is 1. The van der Waals surface area contributed by atoms with E-state index in [0.717, 1.165) is 47.8 Å². The lowest BCUT2D eigenvalue weighted by atomic mass is 9.68. The molecule has 0 heterocycles. The van der Waals surface area contributed by atoms with Gasteiger partial charge in [-0.3, -0.25) is 0 Å². The molecule has 7 atom stereocenters. The van der Waals surface area contributed by atoms with Gasteiger partial charge in [0.1, 0.15) is 0 Å². The van der Waals surface area contributed by atoms with Crippen LogP contribution in [0.25, 0.3) is 0 Å². The third kappa shape index (κ3) is 1.01. The van der Waals surface area contributed by atoms with E-state index in [-0.39, 0.29) is 0 Å². The van der Waals surface area contributed by atoms with E-state index in [2.05, 4.69) is 18.2 Å². The van der Waals surface area contributed by atoms with Crippen molar-refractivity contribution in [3.8, 4) is 6.07 Å². The zero-order chi connectivity index (χ0) is 10.7. The zero-order valence-electron chi connectivity index (χ0n) is 9.68. The third-order valence-electron chi connectivity index (χ3n) is 6.03. The summed E-state index contributed by atoms with van der Waals surface area (Å²) in [5.74, 6) is 6.87. The molecule has 0 aromatic heterocycles. The van der Waals surface area contributed by atoms with Crippen LogP contribution < -0.4 is 0 Å². The van der Waals surface area contributed by atoms with Crippen molar-refractivity contribution in [2.75, 3.05) is 0 Å². The van der Waals surface area contributed by atoms with Crippen LogP contribution in [-0.2, 0) is 0 Å². The summed E-state index contributed by atoms with van der Waals surface area (Å²) in [4.78, 5) is 0. The summed E-state index contributed by atoms with van der Waals surface area (Å²) in [5.41, 5.74) is 0. The Labute approximate surface area is 97.5 Å². The number of hydrogen-bond donors (Lipinski definition) is 0. The van der Waals surface area contributed by atoms with Crippen LogP contribution in [-0.4, -0.2) is 0 Å². The standard InChI is InChI=1S/C15H19N/c16-5-1-2-9-6-12-8-13(9)15-11-4-3-10(7-11)14(12)15/h3-4,9-15H,1-2,6-8H2. The van der Waals surface area contributed by atoms with Crippen molar-refractivity contribution < 1.29 is 0 Å². The molecule has 0 N–H and O–H groups in total. The lowest BCUT2D eigenvalue weighted by Gasteiger charge is -2.36. The second-order valence-electron chi connectivity index (χ2n) is 6.46. The van der Waals surface area contributed by atoms with Crippen molar-refractivity contribution >= 4 is 0 Å². The molecule has 0 spiro atoms. The zero-order valence-corrected chi connectivity index (χ0v) is 9.68. The van der Waals surface area contributed by atoms with Crippen LogP contribution in [0.4, 0.5) is 0 Å². The van der Waals surface area contributed by atoms with Gasteiger partial charge < -0.3 is 0 Å².